The van der Waals surface area contributed by atoms with E-state index in [9.17, 15) is 13.2 Å². The van der Waals surface area contributed by atoms with E-state index in [0.29, 0.717) is 12.2 Å². The maximum Gasteiger partial charge on any atom is 0.417 e. The molecule has 1 fully saturated rings. The molecular formula is C19H19F3N4O. The second-order valence-corrected chi connectivity index (χ2v) is 6.99. The van der Waals surface area contributed by atoms with E-state index >= 15 is 0 Å². The Hall–Kier alpha value is -2.48. The molecule has 4 heterocycles. The summed E-state index contributed by atoms with van der Waals surface area (Å²) in [5.41, 5.74) is 1.00. The molecule has 4 rings (SSSR count). The van der Waals surface area contributed by atoms with Crippen molar-refractivity contribution in [3.05, 3.63) is 53.1 Å². The molecule has 1 atom stereocenters. The zero-order valence-corrected chi connectivity index (χ0v) is 14.8. The predicted octanol–water partition coefficient (Wildman–Crippen LogP) is 4.32. The third kappa shape index (κ3) is 3.66. The number of piperidine rings is 1. The Labute approximate surface area is 154 Å². The van der Waals surface area contributed by atoms with Crippen LogP contribution in [-0.4, -0.2) is 33.1 Å². The molecule has 0 spiro atoms. The Balaban J connectivity index is 1.66. The highest BCUT2D eigenvalue weighted by atomic mass is 19.4. The van der Waals surface area contributed by atoms with Crippen LogP contribution in [-0.2, 0) is 12.7 Å². The molecule has 0 bridgehead atoms. The SMILES string of the molecule is Cc1cc(C(F)(F)F)c2c([C@H]3CCCN(Cc4ccncc4)C3)noc2n1. The summed E-state index contributed by atoms with van der Waals surface area (Å²) in [6.07, 6.45) is 0.680. The first-order valence-corrected chi connectivity index (χ1v) is 8.87. The van der Waals surface area contributed by atoms with Crippen molar-refractivity contribution in [2.75, 3.05) is 13.1 Å². The summed E-state index contributed by atoms with van der Waals surface area (Å²) in [5, 5.41) is 4.01. The predicted molar refractivity (Wildman–Crippen MR) is 93.0 cm³/mol. The molecule has 142 valence electrons. The van der Waals surface area contributed by atoms with Crippen LogP contribution < -0.4 is 0 Å². The summed E-state index contributed by atoms with van der Waals surface area (Å²) in [5.74, 6) is -0.118. The Kier molecular flexibility index (Phi) is 4.59. The van der Waals surface area contributed by atoms with Crippen LogP contribution in [0.3, 0.4) is 0 Å². The number of rotatable bonds is 3. The molecule has 3 aromatic heterocycles. The lowest BCUT2D eigenvalue weighted by atomic mass is 9.91. The zero-order valence-electron chi connectivity index (χ0n) is 14.8. The number of aromatic nitrogens is 3. The summed E-state index contributed by atoms with van der Waals surface area (Å²) in [6, 6.07) is 4.97. The van der Waals surface area contributed by atoms with Crippen LogP contribution >= 0.6 is 0 Å². The molecule has 0 amide bonds. The number of hydrogen-bond acceptors (Lipinski definition) is 5. The lowest BCUT2D eigenvalue weighted by molar-refractivity contribution is -0.136. The minimum Gasteiger partial charge on any atom is -0.336 e. The molecule has 1 aliphatic heterocycles. The second-order valence-electron chi connectivity index (χ2n) is 6.99. The summed E-state index contributed by atoms with van der Waals surface area (Å²) in [4.78, 5) is 10.4. The van der Waals surface area contributed by atoms with Crippen molar-refractivity contribution in [2.45, 2.75) is 38.4 Å². The Bertz CT molecular complexity index is 939. The van der Waals surface area contributed by atoms with Gasteiger partial charge < -0.3 is 4.52 Å². The number of likely N-dealkylation sites (tertiary alicyclic amines) is 1. The van der Waals surface area contributed by atoms with E-state index in [1.54, 1.807) is 12.4 Å². The third-order valence-electron chi connectivity index (χ3n) is 4.95. The first-order chi connectivity index (χ1) is 12.9. The number of alkyl halides is 3. The van der Waals surface area contributed by atoms with Gasteiger partial charge in [0, 0.05) is 37.1 Å². The number of fused-ring (bicyclic) bond motifs is 1. The van der Waals surface area contributed by atoms with E-state index in [2.05, 4.69) is 20.0 Å². The molecule has 5 nitrogen and oxygen atoms in total. The fourth-order valence-electron chi connectivity index (χ4n) is 3.77. The summed E-state index contributed by atoms with van der Waals surface area (Å²) < 4.78 is 45.9. The molecular weight excluding hydrogens is 357 g/mol. The molecule has 0 unspecified atom stereocenters. The van der Waals surface area contributed by atoms with Gasteiger partial charge >= 0.3 is 6.18 Å². The van der Waals surface area contributed by atoms with Crippen molar-refractivity contribution < 1.29 is 17.7 Å². The van der Waals surface area contributed by atoms with Crippen LogP contribution in [0, 0.1) is 6.92 Å². The first kappa shape index (κ1) is 17.9. The van der Waals surface area contributed by atoms with E-state index in [1.165, 1.54) is 6.92 Å². The Morgan fingerprint density at radius 3 is 2.78 bits per heavy atom. The van der Waals surface area contributed by atoms with Crippen LogP contribution in [0.1, 0.15) is 41.3 Å². The molecule has 0 saturated carbocycles. The van der Waals surface area contributed by atoms with Gasteiger partial charge in [-0.25, -0.2) is 4.98 Å². The monoisotopic (exact) mass is 376 g/mol. The second kappa shape index (κ2) is 6.92. The molecule has 1 saturated heterocycles. The third-order valence-corrected chi connectivity index (χ3v) is 4.95. The molecule has 0 radical (unpaired) electrons. The Morgan fingerprint density at radius 2 is 2.04 bits per heavy atom. The van der Waals surface area contributed by atoms with Gasteiger partial charge in [0.2, 0.25) is 0 Å². The topological polar surface area (TPSA) is 55.1 Å². The highest BCUT2D eigenvalue weighted by Gasteiger charge is 2.37. The molecule has 1 aliphatic rings. The molecule has 0 N–H and O–H groups in total. The summed E-state index contributed by atoms with van der Waals surface area (Å²) >= 11 is 0. The van der Waals surface area contributed by atoms with Gasteiger partial charge in [-0.15, -0.1) is 0 Å². The quantitative estimate of drug-likeness (QED) is 0.681. The summed E-state index contributed by atoms with van der Waals surface area (Å²) in [6.45, 7) is 3.79. The number of pyridine rings is 2. The maximum atomic E-state index is 13.6. The number of hydrogen-bond donors (Lipinski definition) is 0. The van der Waals surface area contributed by atoms with Gasteiger partial charge in [-0.2, -0.15) is 13.2 Å². The van der Waals surface area contributed by atoms with E-state index in [0.717, 1.165) is 37.6 Å². The minimum atomic E-state index is -4.47. The number of aryl methyl sites for hydroxylation is 1. The van der Waals surface area contributed by atoms with Crippen molar-refractivity contribution in [1.82, 2.24) is 20.0 Å². The molecule has 0 aliphatic carbocycles. The normalized spacial score (nSPS) is 18.9. The van der Waals surface area contributed by atoms with Gasteiger partial charge in [0.05, 0.1) is 16.6 Å². The standard InChI is InChI=1S/C19H19F3N4O/c1-12-9-15(19(20,21)22)16-17(25-27-18(16)24-12)14-3-2-8-26(11-14)10-13-4-6-23-7-5-13/h4-7,9,14H,2-3,8,10-11H2,1H3/t14-/m0/s1. The zero-order chi connectivity index (χ0) is 19.0. The first-order valence-electron chi connectivity index (χ1n) is 8.87. The number of halogens is 3. The fraction of sp³-hybridized carbons (Fsp3) is 0.421. The van der Waals surface area contributed by atoms with Crippen molar-refractivity contribution in [3.8, 4) is 0 Å². The van der Waals surface area contributed by atoms with Gasteiger partial charge in [0.25, 0.3) is 5.71 Å². The van der Waals surface area contributed by atoms with E-state index in [-0.39, 0.29) is 22.7 Å². The lowest BCUT2D eigenvalue weighted by Crippen LogP contribution is -2.34. The maximum absolute atomic E-state index is 13.6. The number of nitrogens with zero attached hydrogens (tertiary/aromatic N) is 4. The van der Waals surface area contributed by atoms with Gasteiger partial charge in [-0.3, -0.25) is 9.88 Å². The summed E-state index contributed by atoms with van der Waals surface area (Å²) in [7, 11) is 0. The van der Waals surface area contributed by atoms with E-state index in [1.807, 2.05) is 12.1 Å². The highest BCUT2D eigenvalue weighted by Crippen LogP contribution is 2.40. The van der Waals surface area contributed by atoms with Crippen LogP contribution in [0.4, 0.5) is 13.2 Å². The van der Waals surface area contributed by atoms with Crippen molar-refractivity contribution >= 4 is 11.1 Å². The van der Waals surface area contributed by atoms with Crippen molar-refractivity contribution in [1.29, 1.82) is 0 Å². The average Bonchev–Trinajstić information content (AvgIpc) is 3.05. The smallest absolute Gasteiger partial charge is 0.336 e. The largest absolute Gasteiger partial charge is 0.417 e. The van der Waals surface area contributed by atoms with Crippen LogP contribution in [0.5, 0.6) is 0 Å². The van der Waals surface area contributed by atoms with Crippen LogP contribution in [0.15, 0.2) is 35.1 Å². The fourth-order valence-corrected chi connectivity index (χ4v) is 3.77. The highest BCUT2D eigenvalue weighted by molar-refractivity contribution is 5.81. The van der Waals surface area contributed by atoms with E-state index < -0.39 is 11.7 Å². The van der Waals surface area contributed by atoms with Crippen LogP contribution in [0.2, 0.25) is 0 Å². The van der Waals surface area contributed by atoms with Crippen molar-refractivity contribution in [3.63, 3.8) is 0 Å². The molecule has 27 heavy (non-hydrogen) atoms. The van der Waals surface area contributed by atoms with Gasteiger partial charge in [-0.05, 0) is 50.1 Å². The minimum absolute atomic E-state index is 0.00358. The van der Waals surface area contributed by atoms with Gasteiger partial charge in [0.1, 0.15) is 0 Å². The molecule has 8 heteroatoms. The van der Waals surface area contributed by atoms with Crippen LogP contribution in [0.25, 0.3) is 11.1 Å². The van der Waals surface area contributed by atoms with E-state index in [4.69, 9.17) is 4.52 Å². The van der Waals surface area contributed by atoms with Gasteiger partial charge in [0.15, 0.2) is 0 Å². The average molecular weight is 376 g/mol. The Morgan fingerprint density at radius 1 is 1.26 bits per heavy atom. The van der Waals surface area contributed by atoms with Crippen molar-refractivity contribution in [2.24, 2.45) is 0 Å². The molecule has 0 aromatic carbocycles. The lowest BCUT2D eigenvalue weighted by Gasteiger charge is -2.32. The van der Waals surface area contributed by atoms with Gasteiger partial charge in [-0.1, -0.05) is 5.16 Å². The molecule has 3 aromatic rings.